The quantitative estimate of drug-likeness (QED) is 0.701. The molecule has 3 aromatic rings. The monoisotopic (exact) mass is 245 g/mol. The van der Waals surface area contributed by atoms with Gasteiger partial charge in [-0.05, 0) is 24.4 Å². The molecule has 0 atom stereocenters. The van der Waals surface area contributed by atoms with Crippen LogP contribution >= 0.6 is 12.2 Å². The largest absolute Gasteiger partial charge is 0.337 e. The molecule has 0 radical (unpaired) electrons. The minimum Gasteiger partial charge on any atom is -0.337 e. The highest BCUT2D eigenvalue weighted by molar-refractivity contribution is 7.71. The second-order valence-electron chi connectivity index (χ2n) is 3.85. The normalized spacial score (nSPS) is 11.1. The van der Waals surface area contributed by atoms with Crippen LogP contribution in [-0.4, -0.2) is 24.1 Å². The number of aromatic amines is 1. The third kappa shape index (κ3) is 1.66. The molecule has 0 unspecified atom stereocenters. The van der Waals surface area contributed by atoms with E-state index in [1.165, 1.54) is 0 Å². The Hall–Kier alpha value is -1.95. The molecular formula is C11H11N5S. The van der Waals surface area contributed by atoms with Crippen LogP contribution in [0.4, 0.5) is 0 Å². The van der Waals surface area contributed by atoms with E-state index in [9.17, 15) is 0 Å². The zero-order valence-electron chi connectivity index (χ0n) is 9.29. The van der Waals surface area contributed by atoms with Gasteiger partial charge in [0, 0.05) is 25.6 Å². The van der Waals surface area contributed by atoms with Gasteiger partial charge >= 0.3 is 0 Å². The van der Waals surface area contributed by atoms with Gasteiger partial charge in [0.1, 0.15) is 5.82 Å². The molecule has 0 aliphatic heterocycles. The van der Waals surface area contributed by atoms with Crippen LogP contribution in [0.3, 0.4) is 0 Å². The minimum atomic E-state index is 0.624. The van der Waals surface area contributed by atoms with Crippen LogP contribution < -0.4 is 0 Å². The highest BCUT2D eigenvalue weighted by Crippen LogP contribution is 2.12. The van der Waals surface area contributed by atoms with Gasteiger partial charge in [-0.2, -0.15) is 0 Å². The topological polar surface area (TPSA) is 51.4 Å². The number of fused-ring (bicyclic) bond motifs is 1. The van der Waals surface area contributed by atoms with Crippen molar-refractivity contribution in [3.05, 3.63) is 41.3 Å². The molecule has 0 aliphatic rings. The Kier molecular flexibility index (Phi) is 2.29. The first-order chi connectivity index (χ1) is 8.25. The van der Waals surface area contributed by atoms with Gasteiger partial charge in [0.15, 0.2) is 10.4 Å². The number of hydrogen-bond donors (Lipinski definition) is 1. The Bertz CT molecular complexity index is 721. The molecule has 0 amide bonds. The summed E-state index contributed by atoms with van der Waals surface area (Å²) in [6, 6.07) is 3.85. The summed E-state index contributed by atoms with van der Waals surface area (Å²) in [4.78, 5) is 11.8. The molecule has 5 nitrogen and oxygen atoms in total. The summed E-state index contributed by atoms with van der Waals surface area (Å²) in [6.07, 6.45) is 5.46. The van der Waals surface area contributed by atoms with Crippen LogP contribution in [0.2, 0.25) is 0 Å². The highest BCUT2D eigenvalue weighted by Gasteiger charge is 2.07. The predicted octanol–water partition coefficient (Wildman–Crippen LogP) is 1.88. The van der Waals surface area contributed by atoms with Crippen molar-refractivity contribution < 1.29 is 0 Å². The molecular weight excluding hydrogens is 234 g/mol. The SMILES string of the molecule is Cn1ccnc1Cn1c(=S)[nH]c2cccnc21. The van der Waals surface area contributed by atoms with Crippen molar-refractivity contribution in [3.63, 3.8) is 0 Å². The molecule has 0 aliphatic carbocycles. The summed E-state index contributed by atoms with van der Waals surface area (Å²) in [6.45, 7) is 0.624. The highest BCUT2D eigenvalue weighted by atomic mass is 32.1. The fourth-order valence-corrected chi connectivity index (χ4v) is 2.09. The average molecular weight is 245 g/mol. The van der Waals surface area contributed by atoms with E-state index in [0.717, 1.165) is 17.0 Å². The fourth-order valence-electron chi connectivity index (χ4n) is 1.83. The van der Waals surface area contributed by atoms with E-state index in [1.807, 2.05) is 34.5 Å². The van der Waals surface area contributed by atoms with Crippen LogP contribution in [0.15, 0.2) is 30.7 Å². The van der Waals surface area contributed by atoms with Gasteiger partial charge in [-0.3, -0.25) is 4.57 Å². The molecule has 3 heterocycles. The Labute approximate surface area is 103 Å². The average Bonchev–Trinajstić information content (AvgIpc) is 2.85. The van der Waals surface area contributed by atoms with E-state index < -0.39 is 0 Å². The van der Waals surface area contributed by atoms with Crippen LogP contribution in [0.25, 0.3) is 11.2 Å². The summed E-state index contributed by atoms with van der Waals surface area (Å²) >= 11 is 5.30. The molecule has 0 saturated heterocycles. The number of pyridine rings is 1. The Morgan fingerprint density at radius 3 is 3.00 bits per heavy atom. The smallest absolute Gasteiger partial charge is 0.179 e. The van der Waals surface area contributed by atoms with Crippen LogP contribution in [-0.2, 0) is 13.6 Å². The van der Waals surface area contributed by atoms with E-state index >= 15 is 0 Å². The zero-order valence-corrected chi connectivity index (χ0v) is 10.1. The summed E-state index contributed by atoms with van der Waals surface area (Å²) in [5.41, 5.74) is 1.81. The third-order valence-corrected chi connectivity index (χ3v) is 3.07. The van der Waals surface area contributed by atoms with E-state index in [-0.39, 0.29) is 0 Å². The van der Waals surface area contributed by atoms with E-state index in [4.69, 9.17) is 12.2 Å². The lowest BCUT2D eigenvalue weighted by Gasteiger charge is -2.03. The molecule has 0 fully saturated rings. The summed E-state index contributed by atoms with van der Waals surface area (Å²) in [5, 5.41) is 0. The molecule has 17 heavy (non-hydrogen) atoms. The molecule has 86 valence electrons. The van der Waals surface area contributed by atoms with Crippen molar-refractivity contribution in [3.8, 4) is 0 Å². The van der Waals surface area contributed by atoms with E-state index in [2.05, 4.69) is 15.0 Å². The summed E-state index contributed by atoms with van der Waals surface area (Å²) in [5.74, 6) is 0.952. The maximum Gasteiger partial charge on any atom is 0.179 e. The minimum absolute atomic E-state index is 0.624. The second-order valence-corrected chi connectivity index (χ2v) is 4.23. The number of nitrogens with zero attached hydrogens (tertiary/aromatic N) is 4. The number of hydrogen-bond acceptors (Lipinski definition) is 3. The predicted molar refractivity (Wildman–Crippen MR) is 67.2 cm³/mol. The van der Waals surface area contributed by atoms with Gasteiger partial charge < -0.3 is 9.55 Å². The maximum absolute atomic E-state index is 5.30. The van der Waals surface area contributed by atoms with Crippen molar-refractivity contribution in [2.24, 2.45) is 7.05 Å². The summed E-state index contributed by atoms with van der Waals surface area (Å²) < 4.78 is 4.60. The molecule has 6 heteroatoms. The molecule has 3 aromatic heterocycles. The number of H-pyrrole nitrogens is 1. The number of rotatable bonds is 2. The van der Waals surface area contributed by atoms with Crippen LogP contribution in [0, 0.1) is 4.77 Å². The summed E-state index contributed by atoms with van der Waals surface area (Å²) in [7, 11) is 1.97. The van der Waals surface area contributed by atoms with Gasteiger partial charge in [0.2, 0.25) is 0 Å². The number of aromatic nitrogens is 5. The second kappa shape index (κ2) is 3.81. The van der Waals surface area contributed by atoms with Gasteiger partial charge in [-0.1, -0.05) is 0 Å². The van der Waals surface area contributed by atoms with E-state index in [1.54, 1.807) is 12.4 Å². The molecule has 3 rings (SSSR count). The zero-order chi connectivity index (χ0) is 11.8. The Balaban J connectivity index is 2.15. The first-order valence-corrected chi connectivity index (χ1v) is 5.66. The lowest BCUT2D eigenvalue weighted by atomic mass is 10.4. The molecule has 1 N–H and O–H groups in total. The van der Waals surface area contributed by atoms with Crippen molar-refractivity contribution in [2.45, 2.75) is 6.54 Å². The first-order valence-electron chi connectivity index (χ1n) is 5.25. The Morgan fingerprint density at radius 2 is 2.24 bits per heavy atom. The maximum atomic E-state index is 5.30. The third-order valence-electron chi connectivity index (χ3n) is 2.75. The molecule has 0 spiro atoms. The fraction of sp³-hybridized carbons (Fsp3) is 0.182. The van der Waals surface area contributed by atoms with Gasteiger partial charge in [0.25, 0.3) is 0 Å². The van der Waals surface area contributed by atoms with Crippen molar-refractivity contribution >= 4 is 23.4 Å². The lowest BCUT2D eigenvalue weighted by Crippen LogP contribution is -2.06. The van der Waals surface area contributed by atoms with Crippen LogP contribution in [0.1, 0.15) is 5.82 Å². The van der Waals surface area contributed by atoms with Gasteiger partial charge in [-0.25, -0.2) is 9.97 Å². The first kappa shape index (κ1) is 10.2. The molecule has 0 aromatic carbocycles. The molecule has 0 bridgehead atoms. The lowest BCUT2D eigenvalue weighted by molar-refractivity contribution is 0.702. The number of imidazole rings is 2. The van der Waals surface area contributed by atoms with Crippen molar-refractivity contribution in [2.75, 3.05) is 0 Å². The number of nitrogens with one attached hydrogen (secondary N) is 1. The van der Waals surface area contributed by atoms with Gasteiger partial charge in [0.05, 0.1) is 12.1 Å². The Morgan fingerprint density at radius 1 is 1.35 bits per heavy atom. The molecule has 0 saturated carbocycles. The standard InChI is InChI=1S/C11H11N5S/c1-15-6-5-12-9(15)7-16-10-8(14-11(16)17)3-2-4-13-10/h2-6H,7H2,1H3,(H,14,17). The van der Waals surface area contributed by atoms with Crippen molar-refractivity contribution in [1.82, 2.24) is 24.1 Å². The van der Waals surface area contributed by atoms with Crippen LogP contribution in [0.5, 0.6) is 0 Å². The van der Waals surface area contributed by atoms with E-state index in [0.29, 0.717) is 11.3 Å². The van der Waals surface area contributed by atoms with Crippen molar-refractivity contribution in [1.29, 1.82) is 0 Å². The van der Waals surface area contributed by atoms with Gasteiger partial charge in [-0.15, -0.1) is 0 Å². The number of aryl methyl sites for hydroxylation is 1.